The van der Waals surface area contributed by atoms with Crippen LogP contribution < -0.4 is 5.32 Å². The number of carbonyl (C=O) groups is 1. The van der Waals surface area contributed by atoms with E-state index in [1.54, 1.807) is 41.8 Å². The van der Waals surface area contributed by atoms with Gasteiger partial charge >= 0.3 is 12.1 Å². The largest absolute Gasteiger partial charge is 0.465 e. The second kappa shape index (κ2) is 9.87. The van der Waals surface area contributed by atoms with Crippen LogP contribution in [0.25, 0.3) is 21.8 Å². The summed E-state index contributed by atoms with van der Waals surface area (Å²) in [6.45, 7) is 0.342. The summed E-state index contributed by atoms with van der Waals surface area (Å²) in [5.74, 6) is -0.440. The molecular weight excluding hydrogens is 485 g/mol. The molecule has 1 aromatic heterocycles. The molecule has 0 fully saturated rings. The molecule has 0 aliphatic rings. The Hall–Kier alpha value is -3.36. The maximum absolute atomic E-state index is 13.4. The summed E-state index contributed by atoms with van der Waals surface area (Å²) in [5.41, 5.74) is 2.85. The van der Waals surface area contributed by atoms with Gasteiger partial charge in [-0.15, -0.1) is 11.3 Å². The Kier molecular flexibility index (Phi) is 6.90. The van der Waals surface area contributed by atoms with Crippen molar-refractivity contribution in [1.29, 1.82) is 0 Å². The normalized spacial score (nSPS) is 11.3. The zero-order valence-corrected chi connectivity index (χ0v) is 19.4. The molecule has 0 radical (unpaired) electrons. The Morgan fingerprint density at radius 3 is 2.41 bits per heavy atom. The number of esters is 1. The van der Waals surface area contributed by atoms with Crippen molar-refractivity contribution in [3.63, 3.8) is 0 Å². The number of nitrogens with zero attached hydrogens (tertiary/aromatic N) is 1. The highest BCUT2D eigenvalue weighted by Gasteiger charge is 2.31. The number of rotatable bonds is 6. The van der Waals surface area contributed by atoms with Crippen molar-refractivity contribution >= 4 is 34.6 Å². The van der Waals surface area contributed by atoms with Gasteiger partial charge in [0.2, 0.25) is 0 Å². The molecule has 0 spiro atoms. The monoisotopic (exact) mass is 502 g/mol. The molecule has 0 atom stereocenters. The van der Waals surface area contributed by atoms with Crippen LogP contribution in [0.4, 0.5) is 18.9 Å². The zero-order chi connectivity index (χ0) is 24.3. The Bertz CT molecular complexity index is 1300. The van der Waals surface area contributed by atoms with E-state index in [9.17, 15) is 18.0 Å². The highest BCUT2D eigenvalue weighted by atomic mass is 35.5. The Balaban J connectivity index is 1.63. The van der Waals surface area contributed by atoms with Gasteiger partial charge in [0.1, 0.15) is 5.01 Å². The molecule has 4 rings (SSSR count). The number of methoxy groups -OCH3 is 1. The third kappa shape index (κ3) is 5.40. The first-order chi connectivity index (χ1) is 16.2. The van der Waals surface area contributed by atoms with Gasteiger partial charge in [0.25, 0.3) is 0 Å². The lowest BCUT2D eigenvalue weighted by Crippen LogP contribution is -2.07. The summed E-state index contributed by atoms with van der Waals surface area (Å²) in [5, 5.41) is 6.04. The van der Waals surface area contributed by atoms with Crippen LogP contribution in [0.15, 0.2) is 72.1 Å². The van der Waals surface area contributed by atoms with E-state index < -0.39 is 17.7 Å². The van der Waals surface area contributed by atoms with Crippen molar-refractivity contribution in [2.45, 2.75) is 12.7 Å². The van der Waals surface area contributed by atoms with Gasteiger partial charge in [0.05, 0.1) is 23.9 Å². The minimum absolute atomic E-state index is 0.342. The number of benzene rings is 3. The van der Waals surface area contributed by atoms with Crippen LogP contribution in [-0.2, 0) is 17.5 Å². The smallest absolute Gasteiger partial charge is 0.416 e. The van der Waals surface area contributed by atoms with Crippen LogP contribution in [0.5, 0.6) is 0 Å². The fourth-order valence-corrected chi connectivity index (χ4v) is 4.26. The van der Waals surface area contributed by atoms with Crippen LogP contribution >= 0.6 is 22.9 Å². The van der Waals surface area contributed by atoms with Gasteiger partial charge in [-0.25, -0.2) is 9.78 Å². The third-order valence-corrected chi connectivity index (χ3v) is 6.21. The van der Waals surface area contributed by atoms with Crippen molar-refractivity contribution in [3.05, 3.63) is 93.8 Å². The number of ether oxygens (including phenoxy) is 1. The first-order valence-electron chi connectivity index (χ1n) is 10.1. The number of carbonyl (C=O) groups excluding carboxylic acids is 1. The molecule has 4 aromatic rings. The topological polar surface area (TPSA) is 51.2 Å². The van der Waals surface area contributed by atoms with Crippen LogP contribution in [-0.4, -0.2) is 18.1 Å². The standard InChI is InChI=1S/C25H18ClF3N2O2S/c1-33-24(32)17-4-2-15(3-5-17)13-30-21-11-8-18(25(27,28)29)12-20(21)23-31-22(14-34-23)16-6-9-19(26)10-7-16/h2-12,14,30H,13H2,1H3. The van der Waals surface area contributed by atoms with Gasteiger partial charge < -0.3 is 10.1 Å². The van der Waals surface area contributed by atoms with Crippen molar-refractivity contribution in [2.75, 3.05) is 12.4 Å². The van der Waals surface area contributed by atoms with E-state index in [4.69, 9.17) is 11.6 Å². The molecule has 9 heteroatoms. The first kappa shape index (κ1) is 23.8. The number of anilines is 1. The van der Waals surface area contributed by atoms with E-state index in [-0.39, 0.29) is 0 Å². The predicted octanol–water partition coefficient (Wildman–Crippen LogP) is 7.55. The van der Waals surface area contributed by atoms with Crippen molar-refractivity contribution < 1.29 is 22.7 Å². The Labute approximate surface area is 203 Å². The molecule has 174 valence electrons. The predicted molar refractivity (Wildman–Crippen MR) is 128 cm³/mol. The molecule has 4 nitrogen and oxygen atoms in total. The molecule has 0 saturated carbocycles. The lowest BCUT2D eigenvalue weighted by atomic mass is 10.1. The zero-order valence-electron chi connectivity index (χ0n) is 17.8. The molecule has 0 amide bonds. The highest BCUT2D eigenvalue weighted by molar-refractivity contribution is 7.13. The second-order valence-electron chi connectivity index (χ2n) is 7.34. The molecule has 0 saturated heterocycles. The Morgan fingerprint density at radius 2 is 1.76 bits per heavy atom. The lowest BCUT2D eigenvalue weighted by molar-refractivity contribution is -0.137. The molecule has 0 aliphatic heterocycles. The summed E-state index contributed by atoms with van der Waals surface area (Å²) in [6.07, 6.45) is -4.48. The van der Waals surface area contributed by atoms with Crippen molar-refractivity contribution in [2.24, 2.45) is 0 Å². The van der Waals surface area contributed by atoms with Gasteiger partial charge in [0.15, 0.2) is 0 Å². The van der Waals surface area contributed by atoms with Crippen LogP contribution in [0, 0.1) is 0 Å². The van der Waals surface area contributed by atoms with E-state index in [1.165, 1.54) is 24.5 Å². The Morgan fingerprint density at radius 1 is 1.06 bits per heavy atom. The average molecular weight is 503 g/mol. The molecule has 1 heterocycles. The van der Waals surface area contributed by atoms with E-state index in [1.807, 2.05) is 12.1 Å². The summed E-state index contributed by atoms with van der Waals surface area (Å²) in [6, 6.07) is 17.4. The number of halogens is 4. The maximum atomic E-state index is 13.4. The third-order valence-electron chi connectivity index (χ3n) is 5.08. The summed E-state index contributed by atoms with van der Waals surface area (Å²) >= 11 is 7.20. The van der Waals surface area contributed by atoms with Gasteiger partial charge in [-0.3, -0.25) is 0 Å². The molecule has 34 heavy (non-hydrogen) atoms. The van der Waals surface area contributed by atoms with E-state index >= 15 is 0 Å². The van der Waals surface area contributed by atoms with Crippen LogP contribution in [0.2, 0.25) is 5.02 Å². The SMILES string of the molecule is COC(=O)c1ccc(CNc2ccc(C(F)(F)F)cc2-c2nc(-c3ccc(Cl)cc3)cs2)cc1. The molecular formula is C25H18ClF3N2O2S. The first-order valence-corrected chi connectivity index (χ1v) is 11.3. The molecule has 1 N–H and O–H groups in total. The lowest BCUT2D eigenvalue weighted by Gasteiger charge is -2.14. The number of hydrogen-bond acceptors (Lipinski definition) is 5. The van der Waals surface area contributed by atoms with E-state index in [2.05, 4.69) is 15.0 Å². The molecule has 3 aromatic carbocycles. The van der Waals surface area contributed by atoms with Gasteiger partial charge in [0, 0.05) is 33.8 Å². The molecule has 0 unspecified atom stereocenters. The van der Waals surface area contributed by atoms with E-state index in [0.717, 1.165) is 23.3 Å². The van der Waals surface area contributed by atoms with Gasteiger partial charge in [-0.2, -0.15) is 13.2 Å². The number of thiazole rings is 1. The molecule has 0 aliphatic carbocycles. The second-order valence-corrected chi connectivity index (χ2v) is 8.64. The maximum Gasteiger partial charge on any atom is 0.416 e. The van der Waals surface area contributed by atoms with E-state index in [0.29, 0.717) is 39.1 Å². The fourth-order valence-electron chi connectivity index (χ4n) is 3.28. The van der Waals surface area contributed by atoms with Gasteiger partial charge in [-0.05, 0) is 48.0 Å². The number of aromatic nitrogens is 1. The quantitative estimate of drug-likeness (QED) is 0.276. The fraction of sp³-hybridized carbons (Fsp3) is 0.120. The van der Waals surface area contributed by atoms with Crippen LogP contribution in [0.3, 0.4) is 0 Å². The highest BCUT2D eigenvalue weighted by Crippen LogP contribution is 2.38. The minimum Gasteiger partial charge on any atom is -0.465 e. The number of nitrogens with one attached hydrogen (secondary N) is 1. The van der Waals surface area contributed by atoms with Crippen molar-refractivity contribution in [1.82, 2.24) is 4.98 Å². The molecule has 0 bridgehead atoms. The summed E-state index contributed by atoms with van der Waals surface area (Å²) in [4.78, 5) is 16.2. The number of alkyl halides is 3. The van der Waals surface area contributed by atoms with Gasteiger partial charge in [-0.1, -0.05) is 35.9 Å². The van der Waals surface area contributed by atoms with Crippen molar-refractivity contribution in [3.8, 4) is 21.8 Å². The number of hydrogen-bond donors (Lipinski definition) is 1. The minimum atomic E-state index is -4.48. The summed E-state index contributed by atoms with van der Waals surface area (Å²) < 4.78 is 44.9. The summed E-state index contributed by atoms with van der Waals surface area (Å²) in [7, 11) is 1.31. The average Bonchev–Trinajstić information content (AvgIpc) is 3.32. The van der Waals surface area contributed by atoms with Crippen LogP contribution in [0.1, 0.15) is 21.5 Å².